The molecule has 0 aliphatic heterocycles. The second-order valence-corrected chi connectivity index (χ2v) is 7.06. The van der Waals surface area contributed by atoms with Crippen molar-refractivity contribution in [1.82, 2.24) is 0 Å². The minimum atomic E-state index is 0.435. The molecule has 0 fully saturated rings. The Kier molecular flexibility index (Phi) is 7.33. The minimum absolute atomic E-state index is 0.435. The van der Waals surface area contributed by atoms with Gasteiger partial charge in [-0.1, -0.05) is 12.1 Å². The number of methoxy groups -OCH3 is 2. The Morgan fingerprint density at radius 1 is 0.742 bits per heavy atom. The number of hydrogen-bond acceptors (Lipinski definition) is 5. The molecule has 3 aromatic rings. The molecular weight excluding hydrogens is 390 g/mol. The molecule has 0 unspecified atom stereocenters. The summed E-state index contributed by atoms with van der Waals surface area (Å²) in [5.74, 6) is 3.22. The van der Waals surface area contributed by atoms with E-state index in [4.69, 9.17) is 23.9 Å². The van der Waals surface area contributed by atoms with E-state index in [-0.39, 0.29) is 0 Å². The first-order valence-corrected chi connectivity index (χ1v) is 9.94. The van der Waals surface area contributed by atoms with Crippen LogP contribution in [-0.4, -0.2) is 20.1 Å². The van der Waals surface area contributed by atoms with E-state index in [0.717, 1.165) is 22.6 Å². The molecule has 0 atom stereocenters. The maximum absolute atomic E-state index is 6.12. The van der Waals surface area contributed by atoms with E-state index in [9.17, 15) is 0 Å². The largest absolute Gasteiger partial charge is 0.497 e. The Hall–Kier alpha value is -3.73. The van der Waals surface area contributed by atoms with E-state index < -0.39 is 0 Å². The SMILES string of the molecule is COc1ccc(O/C=C(C)/C(=N\c2ccc(C)c(C)c2)Oc2cccc(OC)c2)cc1. The standard InChI is InChI=1S/C26H27NO4/c1-18-9-10-21(15-19(18)2)27-26(31-25-8-6-7-24(16-25)29-5)20(3)17-30-23-13-11-22(28-4)12-14-23/h6-17H,1-5H3/b20-17+,27-26+. The van der Waals surface area contributed by atoms with Crippen molar-refractivity contribution in [1.29, 1.82) is 0 Å². The molecule has 0 bridgehead atoms. The molecule has 0 radical (unpaired) electrons. The molecule has 31 heavy (non-hydrogen) atoms. The van der Waals surface area contributed by atoms with Crippen molar-refractivity contribution in [3.8, 4) is 23.0 Å². The summed E-state index contributed by atoms with van der Waals surface area (Å²) in [6.45, 7) is 6.03. The van der Waals surface area contributed by atoms with Crippen molar-refractivity contribution in [2.75, 3.05) is 14.2 Å². The molecule has 0 saturated carbocycles. The van der Waals surface area contributed by atoms with Gasteiger partial charge in [0.15, 0.2) is 0 Å². The van der Waals surface area contributed by atoms with Crippen LogP contribution < -0.4 is 18.9 Å². The fourth-order valence-electron chi connectivity index (χ4n) is 2.74. The fraction of sp³-hybridized carbons (Fsp3) is 0.192. The molecule has 5 nitrogen and oxygen atoms in total. The molecule has 0 spiro atoms. The summed E-state index contributed by atoms with van der Waals surface area (Å²) in [5, 5.41) is 0. The van der Waals surface area contributed by atoms with E-state index >= 15 is 0 Å². The van der Waals surface area contributed by atoms with Gasteiger partial charge >= 0.3 is 0 Å². The number of benzene rings is 3. The van der Waals surface area contributed by atoms with Gasteiger partial charge in [0.05, 0.1) is 26.2 Å². The molecule has 0 saturated heterocycles. The van der Waals surface area contributed by atoms with Crippen molar-refractivity contribution >= 4 is 11.6 Å². The smallest absolute Gasteiger partial charge is 0.225 e. The Balaban J connectivity index is 1.90. The first kappa shape index (κ1) is 22.0. The first-order valence-electron chi connectivity index (χ1n) is 9.94. The van der Waals surface area contributed by atoms with Gasteiger partial charge in [0.1, 0.15) is 23.0 Å². The highest BCUT2D eigenvalue weighted by Crippen LogP contribution is 2.24. The summed E-state index contributed by atoms with van der Waals surface area (Å²) < 4.78 is 22.4. The molecular formula is C26H27NO4. The van der Waals surface area contributed by atoms with Crippen LogP contribution >= 0.6 is 0 Å². The summed E-state index contributed by atoms with van der Waals surface area (Å²) >= 11 is 0. The Labute approximate surface area is 183 Å². The average Bonchev–Trinajstić information content (AvgIpc) is 2.80. The number of aliphatic imine (C=N–C) groups is 1. The van der Waals surface area contributed by atoms with Crippen molar-refractivity contribution in [3.63, 3.8) is 0 Å². The number of rotatable bonds is 7. The molecule has 0 aromatic heterocycles. The average molecular weight is 418 g/mol. The minimum Gasteiger partial charge on any atom is -0.497 e. The van der Waals surface area contributed by atoms with Crippen LogP contribution in [0.5, 0.6) is 23.0 Å². The molecule has 0 N–H and O–H groups in total. The molecule has 160 valence electrons. The van der Waals surface area contributed by atoms with Crippen LogP contribution in [0.2, 0.25) is 0 Å². The summed E-state index contributed by atoms with van der Waals surface area (Å²) in [6.07, 6.45) is 1.63. The highest BCUT2D eigenvalue weighted by Gasteiger charge is 2.09. The van der Waals surface area contributed by atoms with Crippen molar-refractivity contribution in [3.05, 3.63) is 89.7 Å². The van der Waals surface area contributed by atoms with E-state index in [2.05, 4.69) is 13.8 Å². The zero-order chi connectivity index (χ0) is 22.2. The van der Waals surface area contributed by atoms with Crippen LogP contribution in [0.25, 0.3) is 0 Å². The lowest BCUT2D eigenvalue weighted by atomic mass is 10.1. The molecule has 5 heteroatoms. The summed E-state index contributed by atoms with van der Waals surface area (Å²) in [5.41, 5.74) is 3.91. The molecule has 0 aliphatic carbocycles. The molecule has 3 aromatic carbocycles. The second kappa shape index (κ2) is 10.3. The predicted octanol–water partition coefficient (Wildman–Crippen LogP) is 6.41. The third kappa shape index (κ3) is 6.12. The van der Waals surface area contributed by atoms with Gasteiger partial charge < -0.3 is 18.9 Å². The second-order valence-electron chi connectivity index (χ2n) is 7.06. The van der Waals surface area contributed by atoms with Crippen molar-refractivity contribution < 1.29 is 18.9 Å². The number of hydrogen-bond donors (Lipinski definition) is 0. The van der Waals surface area contributed by atoms with Gasteiger partial charge in [-0.05, 0) is 80.4 Å². The number of ether oxygens (including phenoxy) is 4. The van der Waals surface area contributed by atoms with E-state index in [1.54, 1.807) is 20.5 Å². The third-order valence-corrected chi connectivity index (χ3v) is 4.75. The van der Waals surface area contributed by atoms with Gasteiger partial charge in [-0.15, -0.1) is 0 Å². The monoisotopic (exact) mass is 417 g/mol. The highest BCUT2D eigenvalue weighted by molar-refractivity contribution is 5.96. The molecule has 0 heterocycles. The third-order valence-electron chi connectivity index (χ3n) is 4.75. The van der Waals surface area contributed by atoms with Crippen LogP contribution in [0.1, 0.15) is 18.1 Å². The van der Waals surface area contributed by atoms with Gasteiger partial charge in [-0.3, -0.25) is 0 Å². The van der Waals surface area contributed by atoms with Crippen molar-refractivity contribution in [2.24, 2.45) is 4.99 Å². The van der Waals surface area contributed by atoms with Gasteiger partial charge in [0, 0.05) is 11.6 Å². The quantitative estimate of drug-likeness (QED) is 0.253. The maximum atomic E-state index is 6.12. The Bertz CT molecular complexity index is 1080. The van der Waals surface area contributed by atoms with E-state index in [1.807, 2.05) is 73.7 Å². The summed E-state index contributed by atoms with van der Waals surface area (Å²) in [7, 11) is 3.25. The van der Waals surface area contributed by atoms with Gasteiger partial charge in [0.25, 0.3) is 0 Å². The number of aryl methyl sites for hydroxylation is 2. The predicted molar refractivity (Wildman–Crippen MR) is 124 cm³/mol. The Morgan fingerprint density at radius 2 is 1.42 bits per heavy atom. The van der Waals surface area contributed by atoms with Crippen LogP contribution in [0, 0.1) is 13.8 Å². The lowest BCUT2D eigenvalue weighted by Gasteiger charge is -2.12. The lowest BCUT2D eigenvalue weighted by Crippen LogP contribution is -2.11. The van der Waals surface area contributed by atoms with Crippen LogP contribution in [0.3, 0.4) is 0 Å². The lowest BCUT2D eigenvalue weighted by molar-refractivity contribution is 0.411. The van der Waals surface area contributed by atoms with Crippen LogP contribution in [-0.2, 0) is 0 Å². The zero-order valence-electron chi connectivity index (χ0n) is 18.5. The highest BCUT2D eigenvalue weighted by atomic mass is 16.5. The van der Waals surface area contributed by atoms with Crippen LogP contribution in [0.15, 0.2) is 83.6 Å². The van der Waals surface area contributed by atoms with E-state index in [0.29, 0.717) is 23.1 Å². The maximum Gasteiger partial charge on any atom is 0.225 e. The van der Waals surface area contributed by atoms with Gasteiger partial charge in [0.2, 0.25) is 5.90 Å². The fourth-order valence-corrected chi connectivity index (χ4v) is 2.74. The topological polar surface area (TPSA) is 49.3 Å². The normalized spacial score (nSPS) is 11.8. The van der Waals surface area contributed by atoms with Crippen molar-refractivity contribution in [2.45, 2.75) is 20.8 Å². The summed E-state index contributed by atoms with van der Waals surface area (Å²) in [6, 6.07) is 20.8. The zero-order valence-corrected chi connectivity index (χ0v) is 18.5. The molecule has 3 rings (SSSR count). The summed E-state index contributed by atoms with van der Waals surface area (Å²) in [4.78, 5) is 4.74. The van der Waals surface area contributed by atoms with Gasteiger partial charge in [-0.2, -0.15) is 0 Å². The van der Waals surface area contributed by atoms with Gasteiger partial charge in [-0.25, -0.2) is 4.99 Å². The molecule has 0 aliphatic rings. The van der Waals surface area contributed by atoms with Crippen LogP contribution in [0.4, 0.5) is 5.69 Å². The first-order chi connectivity index (χ1) is 15.0. The Morgan fingerprint density at radius 3 is 2.10 bits per heavy atom. The number of nitrogens with zero attached hydrogens (tertiary/aromatic N) is 1. The van der Waals surface area contributed by atoms with E-state index in [1.165, 1.54) is 5.56 Å². The molecule has 0 amide bonds.